The smallest absolute Gasteiger partial charge is 0.396 e. The molecular weight excluding hydrogens is 265 g/mol. The van der Waals surface area contributed by atoms with Crippen LogP contribution in [0.25, 0.3) is 0 Å². The second-order valence-corrected chi connectivity index (χ2v) is 5.21. The topological polar surface area (TPSA) is 44.0 Å². The first-order valence-corrected chi connectivity index (χ1v) is 5.67. The van der Waals surface area contributed by atoms with Crippen molar-refractivity contribution in [1.82, 2.24) is 0 Å². The van der Waals surface area contributed by atoms with Crippen molar-refractivity contribution < 1.29 is 27.1 Å². The van der Waals surface area contributed by atoms with Crippen LogP contribution in [0.15, 0.2) is 0 Å². The van der Waals surface area contributed by atoms with E-state index in [9.17, 15) is 22.0 Å². The summed E-state index contributed by atoms with van der Waals surface area (Å²) in [6.45, 7) is 1.01. The molecule has 0 aromatic rings. The van der Waals surface area contributed by atoms with Gasteiger partial charge in [-0.15, -0.1) is 11.8 Å². The highest BCUT2D eigenvalue weighted by Gasteiger charge is 2.57. The molecule has 0 fully saturated rings. The van der Waals surface area contributed by atoms with Crippen molar-refractivity contribution >= 4 is 11.8 Å². The standard InChI is InChI=1S/C9H12F5NOS/c1-7(6-15,17-5-4-16)2-3-8(10,11)9(12,13)14/h16H,2-5H2,1H3. The summed E-state index contributed by atoms with van der Waals surface area (Å²) in [6.07, 6.45) is -7.62. The molecule has 0 aliphatic carbocycles. The van der Waals surface area contributed by atoms with E-state index in [0.717, 1.165) is 11.8 Å². The Labute approximate surface area is 99.8 Å². The minimum absolute atomic E-state index is 0.113. The molecule has 0 aliphatic rings. The second kappa shape index (κ2) is 5.87. The van der Waals surface area contributed by atoms with Crippen LogP contribution in [0.1, 0.15) is 19.8 Å². The number of nitriles is 1. The van der Waals surface area contributed by atoms with E-state index in [1.165, 1.54) is 6.92 Å². The molecule has 0 bridgehead atoms. The van der Waals surface area contributed by atoms with Gasteiger partial charge in [-0.1, -0.05) is 0 Å². The molecular formula is C9H12F5NOS. The number of rotatable bonds is 6. The predicted molar refractivity (Wildman–Crippen MR) is 53.8 cm³/mol. The number of hydrogen-bond acceptors (Lipinski definition) is 3. The summed E-state index contributed by atoms with van der Waals surface area (Å²) in [5.41, 5.74) is 0. The Morgan fingerprint density at radius 2 is 1.71 bits per heavy atom. The van der Waals surface area contributed by atoms with Crippen LogP contribution in [0, 0.1) is 11.3 Å². The lowest BCUT2D eigenvalue weighted by Crippen LogP contribution is -2.38. The first kappa shape index (κ1) is 16.4. The van der Waals surface area contributed by atoms with E-state index in [4.69, 9.17) is 10.4 Å². The van der Waals surface area contributed by atoms with Crippen LogP contribution in [0.5, 0.6) is 0 Å². The quantitative estimate of drug-likeness (QED) is 0.759. The molecule has 8 heteroatoms. The first-order valence-electron chi connectivity index (χ1n) is 4.68. The maximum absolute atomic E-state index is 12.6. The van der Waals surface area contributed by atoms with Gasteiger partial charge in [-0.2, -0.15) is 27.2 Å². The van der Waals surface area contributed by atoms with Crippen LogP contribution in [-0.4, -0.2) is 34.3 Å². The molecule has 2 nitrogen and oxygen atoms in total. The molecule has 100 valence electrons. The molecule has 0 spiro atoms. The molecule has 0 aliphatic heterocycles. The van der Waals surface area contributed by atoms with Gasteiger partial charge in [0.2, 0.25) is 0 Å². The van der Waals surface area contributed by atoms with Crippen LogP contribution in [0.4, 0.5) is 22.0 Å². The summed E-state index contributed by atoms with van der Waals surface area (Å²) in [7, 11) is 0. The normalized spacial score (nSPS) is 16.4. The number of nitrogens with zero attached hydrogens (tertiary/aromatic N) is 1. The maximum Gasteiger partial charge on any atom is 0.453 e. The molecule has 0 saturated carbocycles. The molecule has 0 amide bonds. The highest BCUT2D eigenvalue weighted by atomic mass is 32.2. The molecule has 17 heavy (non-hydrogen) atoms. The molecule has 0 aromatic heterocycles. The number of hydrogen-bond donors (Lipinski definition) is 1. The molecule has 1 N–H and O–H groups in total. The van der Waals surface area contributed by atoms with Gasteiger partial charge in [0.25, 0.3) is 0 Å². The average Bonchev–Trinajstić information content (AvgIpc) is 2.22. The largest absolute Gasteiger partial charge is 0.453 e. The Balaban J connectivity index is 4.48. The highest BCUT2D eigenvalue weighted by molar-refractivity contribution is 8.00. The minimum Gasteiger partial charge on any atom is -0.396 e. The monoisotopic (exact) mass is 277 g/mol. The zero-order chi connectivity index (χ0) is 13.7. The van der Waals surface area contributed by atoms with E-state index >= 15 is 0 Å². The van der Waals surface area contributed by atoms with E-state index in [2.05, 4.69) is 0 Å². The van der Waals surface area contributed by atoms with Crippen LogP contribution < -0.4 is 0 Å². The van der Waals surface area contributed by atoms with Crippen molar-refractivity contribution in [3.05, 3.63) is 0 Å². The molecule has 0 heterocycles. The number of alkyl halides is 5. The predicted octanol–water partition coefficient (Wildman–Crippen LogP) is 2.97. The third-order valence-corrected chi connectivity index (χ3v) is 3.40. The summed E-state index contributed by atoms with van der Waals surface area (Å²) in [5, 5.41) is 17.3. The highest BCUT2D eigenvalue weighted by Crippen LogP contribution is 2.42. The Morgan fingerprint density at radius 1 is 1.18 bits per heavy atom. The van der Waals surface area contributed by atoms with Gasteiger partial charge in [-0.05, 0) is 13.3 Å². The fourth-order valence-electron chi connectivity index (χ4n) is 0.969. The van der Waals surface area contributed by atoms with Crippen molar-refractivity contribution in [3.63, 3.8) is 0 Å². The Kier molecular flexibility index (Phi) is 5.68. The average molecular weight is 277 g/mol. The Bertz CT molecular complexity index is 288. The van der Waals surface area contributed by atoms with Crippen LogP contribution in [0.2, 0.25) is 0 Å². The maximum atomic E-state index is 12.6. The molecule has 0 aromatic carbocycles. The lowest BCUT2D eigenvalue weighted by molar-refractivity contribution is -0.284. The third kappa shape index (κ3) is 5.08. The van der Waals surface area contributed by atoms with Gasteiger partial charge in [-0.25, -0.2) is 0 Å². The molecule has 0 rings (SSSR count). The summed E-state index contributed by atoms with van der Waals surface area (Å²) < 4.78 is 59.6. The van der Waals surface area contributed by atoms with E-state index < -0.39 is 29.7 Å². The van der Waals surface area contributed by atoms with Crippen LogP contribution in [0.3, 0.4) is 0 Å². The fraction of sp³-hybridized carbons (Fsp3) is 0.889. The second-order valence-electron chi connectivity index (χ2n) is 3.62. The van der Waals surface area contributed by atoms with E-state index in [-0.39, 0.29) is 12.4 Å². The minimum atomic E-state index is -5.59. The van der Waals surface area contributed by atoms with Crippen molar-refractivity contribution in [2.45, 2.75) is 36.6 Å². The van der Waals surface area contributed by atoms with Gasteiger partial charge in [-0.3, -0.25) is 0 Å². The van der Waals surface area contributed by atoms with Gasteiger partial charge < -0.3 is 5.11 Å². The van der Waals surface area contributed by atoms with E-state index in [1.807, 2.05) is 0 Å². The summed E-state index contributed by atoms with van der Waals surface area (Å²) >= 11 is 0.863. The SMILES string of the molecule is CC(C#N)(CCC(F)(F)C(F)(F)F)SCCO. The van der Waals surface area contributed by atoms with Gasteiger partial charge in [0, 0.05) is 12.2 Å². The lowest BCUT2D eigenvalue weighted by atomic mass is 10.0. The summed E-state index contributed by atoms with van der Waals surface area (Å²) in [5.74, 6) is -4.67. The molecule has 1 unspecified atom stereocenters. The van der Waals surface area contributed by atoms with Crippen molar-refractivity contribution in [2.75, 3.05) is 12.4 Å². The third-order valence-electron chi connectivity index (χ3n) is 2.08. The summed E-state index contributed by atoms with van der Waals surface area (Å²) in [6, 6.07) is 1.69. The van der Waals surface area contributed by atoms with E-state index in [0.29, 0.717) is 0 Å². The zero-order valence-electron chi connectivity index (χ0n) is 9.02. The number of halogens is 5. The molecule has 0 radical (unpaired) electrons. The van der Waals surface area contributed by atoms with Crippen molar-refractivity contribution in [2.24, 2.45) is 0 Å². The van der Waals surface area contributed by atoms with Crippen molar-refractivity contribution in [1.29, 1.82) is 5.26 Å². The Hall–Kier alpha value is -0.550. The van der Waals surface area contributed by atoms with Gasteiger partial charge >= 0.3 is 12.1 Å². The van der Waals surface area contributed by atoms with Crippen LogP contribution in [-0.2, 0) is 0 Å². The van der Waals surface area contributed by atoms with Crippen LogP contribution >= 0.6 is 11.8 Å². The van der Waals surface area contributed by atoms with Gasteiger partial charge in [0.05, 0.1) is 17.4 Å². The van der Waals surface area contributed by atoms with Gasteiger partial charge in [0.15, 0.2) is 0 Å². The molecule has 1 atom stereocenters. The Morgan fingerprint density at radius 3 is 2.06 bits per heavy atom. The van der Waals surface area contributed by atoms with Gasteiger partial charge in [0.1, 0.15) is 0 Å². The number of thioether (sulfide) groups is 1. The number of aliphatic hydroxyl groups is 1. The summed E-state index contributed by atoms with van der Waals surface area (Å²) in [4.78, 5) is 0. The number of aliphatic hydroxyl groups excluding tert-OH is 1. The first-order chi connectivity index (χ1) is 7.58. The lowest BCUT2D eigenvalue weighted by Gasteiger charge is -2.25. The molecule has 0 saturated heterocycles. The fourth-order valence-corrected chi connectivity index (χ4v) is 1.82. The van der Waals surface area contributed by atoms with E-state index in [1.54, 1.807) is 6.07 Å². The zero-order valence-corrected chi connectivity index (χ0v) is 9.84. The van der Waals surface area contributed by atoms with Crippen molar-refractivity contribution in [3.8, 4) is 6.07 Å².